The summed E-state index contributed by atoms with van der Waals surface area (Å²) in [5.74, 6) is 0. The molecule has 118 valence electrons. The second-order valence-corrected chi connectivity index (χ2v) is 5.47. The maximum atomic E-state index is 9.80. The van der Waals surface area contributed by atoms with Crippen LogP contribution in [-0.4, -0.2) is 88.9 Å². The second kappa shape index (κ2) is 7.65. The number of likely N-dealkylation sites (tertiary alicyclic amines) is 1. The van der Waals surface area contributed by atoms with Crippen molar-refractivity contribution in [2.24, 2.45) is 0 Å². The van der Waals surface area contributed by atoms with Crippen molar-refractivity contribution < 1.29 is 29.9 Å². The molecule has 2 aliphatic rings. The van der Waals surface area contributed by atoms with Gasteiger partial charge in [-0.15, -0.1) is 0 Å². The van der Waals surface area contributed by atoms with E-state index in [1.54, 1.807) is 0 Å². The van der Waals surface area contributed by atoms with Crippen molar-refractivity contribution in [2.75, 3.05) is 32.8 Å². The fourth-order valence-electron chi connectivity index (χ4n) is 2.69. The van der Waals surface area contributed by atoms with Crippen molar-refractivity contribution in [3.63, 3.8) is 0 Å². The Labute approximate surface area is 118 Å². The molecule has 0 radical (unpaired) electrons. The first kappa shape index (κ1) is 16.1. The number of nitrogens with zero attached hydrogens (tertiary/aromatic N) is 1. The monoisotopic (exact) mass is 291 g/mol. The average molecular weight is 291 g/mol. The van der Waals surface area contributed by atoms with Crippen molar-refractivity contribution in [1.29, 1.82) is 0 Å². The number of rotatable bonds is 5. The molecule has 20 heavy (non-hydrogen) atoms. The molecule has 7 nitrogen and oxygen atoms in total. The summed E-state index contributed by atoms with van der Waals surface area (Å²) in [6.07, 6.45) is -2.29. The molecule has 0 aliphatic carbocycles. The van der Waals surface area contributed by atoms with Crippen molar-refractivity contribution >= 4 is 0 Å². The third-order valence-corrected chi connectivity index (χ3v) is 3.99. The molecule has 2 saturated heterocycles. The molecule has 7 heteroatoms. The maximum Gasteiger partial charge on any atom is 0.186 e. The van der Waals surface area contributed by atoms with E-state index in [0.717, 1.165) is 19.6 Å². The van der Waals surface area contributed by atoms with Gasteiger partial charge in [0.2, 0.25) is 0 Å². The molecular weight excluding hydrogens is 266 g/mol. The topological polar surface area (TPSA) is 103 Å². The van der Waals surface area contributed by atoms with E-state index in [4.69, 9.17) is 14.6 Å². The fraction of sp³-hybridized carbons (Fsp3) is 1.00. The minimum Gasteiger partial charge on any atom is -0.394 e. The molecule has 2 fully saturated rings. The Bertz CT molecular complexity index is 284. The summed E-state index contributed by atoms with van der Waals surface area (Å²) in [6, 6.07) is 0. The number of hydrogen-bond donors (Lipinski definition) is 4. The highest BCUT2D eigenvalue weighted by Gasteiger charge is 2.43. The van der Waals surface area contributed by atoms with Gasteiger partial charge >= 0.3 is 0 Å². The van der Waals surface area contributed by atoms with E-state index in [1.807, 2.05) is 0 Å². The molecule has 0 aromatic rings. The Balaban J connectivity index is 1.76. The first-order valence-electron chi connectivity index (χ1n) is 7.28. The van der Waals surface area contributed by atoms with Gasteiger partial charge in [0.25, 0.3) is 0 Å². The van der Waals surface area contributed by atoms with E-state index < -0.39 is 37.3 Å². The van der Waals surface area contributed by atoms with E-state index in [9.17, 15) is 15.3 Å². The molecule has 0 amide bonds. The van der Waals surface area contributed by atoms with Crippen LogP contribution in [0.2, 0.25) is 0 Å². The lowest BCUT2D eigenvalue weighted by Crippen LogP contribution is -2.59. The highest BCUT2D eigenvalue weighted by atomic mass is 16.7. The Morgan fingerprint density at radius 3 is 2.35 bits per heavy atom. The van der Waals surface area contributed by atoms with Gasteiger partial charge in [-0.3, -0.25) is 0 Å². The number of ether oxygens (including phenoxy) is 2. The van der Waals surface area contributed by atoms with Crippen LogP contribution in [-0.2, 0) is 9.47 Å². The minimum absolute atomic E-state index is 0.378. The average Bonchev–Trinajstić information content (AvgIpc) is 2.48. The first-order chi connectivity index (χ1) is 9.63. The van der Waals surface area contributed by atoms with Crippen LogP contribution in [0.3, 0.4) is 0 Å². The zero-order valence-corrected chi connectivity index (χ0v) is 11.6. The van der Waals surface area contributed by atoms with Crippen molar-refractivity contribution in [2.45, 2.75) is 50.0 Å². The third-order valence-electron chi connectivity index (χ3n) is 3.99. The zero-order chi connectivity index (χ0) is 14.5. The van der Waals surface area contributed by atoms with Gasteiger partial charge in [0, 0.05) is 6.54 Å². The van der Waals surface area contributed by atoms with Gasteiger partial charge in [-0.2, -0.15) is 0 Å². The Hall–Kier alpha value is -0.280. The molecule has 5 atom stereocenters. The van der Waals surface area contributed by atoms with Gasteiger partial charge in [-0.1, -0.05) is 6.42 Å². The van der Waals surface area contributed by atoms with Crippen molar-refractivity contribution in [3.8, 4) is 0 Å². The van der Waals surface area contributed by atoms with Gasteiger partial charge in [0.15, 0.2) is 6.29 Å². The normalized spacial score (nSPS) is 39.9. The van der Waals surface area contributed by atoms with Crippen LogP contribution < -0.4 is 0 Å². The maximum absolute atomic E-state index is 9.80. The number of hydrogen-bond acceptors (Lipinski definition) is 7. The highest BCUT2D eigenvalue weighted by molar-refractivity contribution is 4.88. The summed E-state index contributed by atoms with van der Waals surface area (Å²) < 4.78 is 10.7. The molecule has 2 rings (SSSR count). The second-order valence-electron chi connectivity index (χ2n) is 5.47. The summed E-state index contributed by atoms with van der Waals surface area (Å²) in [4.78, 5) is 2.29. The molecule has 0 aromatic carbocycles. The molecular formula is C13H25NO6. The molecule has 2 heterocycles. The van der Waals surface area contributed by atoms with Crippen LogP contribution >= 0.6 is 0 Å². The molecule has 2 aliphatic heterocycles. The molecule has 4 N–H and O–H groups in total. The van der Waals surface area contributed by atoms with Crippen LogP contribution in [0, 0.1) is 0 Å². The summed E-state index contributed by atoms with van der Waals surface area (Å²) in [5, 5.41) is 38.2. The number of aliphatic hydroxyl groups is 4. The van der Waals surface area contributed by atoms with Crippen molar-refractivity contribution in [3.05, 3.63) is 0 Å². The van der Waals surface area contributed by atoms with Crippen LogP contribution in [0.15, 0.2) is 0 Å². The van der Waals surface area contributed by atoms with E-state index >= 15 is 0 Å². The minimum atomic E-state index is -1.37. The SMILES string of the molecule is OC[C@H]1O[C@H](OCCN2CCCCC2)[C@@H](O)[C@@H](O)[C@@H]1O. The summed E-state index contributed by atoms with van der Waals surface area (Å²) >= 11 is 0. The lowest BCUT2D eigenvalue weighted by Gasteiger charge is -2.39. The third kappa shape index (κ3) is 3.88. The van der Waals surface area contributed by atoms with Crippen molar-refractivity contribution in [1.82, 2.24) is 4.90 Å². The van der Waals surface area contributed by atoms with Gasteiger partial charge in [-0.25, -0.2) is 0 Å². The van der Waals surface area contributed by atoms with Gasteiger partial charge < -0.3 is 34.8 Å². The van der Waals surface area contributed by atoms with Crippen LogP contribution in [0.5, 0.6) is 0 Å². The fourth-order valence-corrected chi connectivity index (χ4v) is 2.69. The van der Waals surface area contributed by atoms with E-state index in [2.05, 4.69) is 4.90 Å². The number of aliphatic hydroxyl groups excluding tert-OH is 4. The van der Waals surface area contributed by atoms with Crippen LogP contribution in [0.1, 0.15) is 19.3 Å². The summed E-state index contributed by atoms with van der Waals surface area (Å²) in [6.45, 7) is 2.80. The predicted molar refractivity (Wildman–Crippen MR) is 70.0 cm³/mol. The van der Waals surface area contributed by atoms with Gasteiger partial charge in [0.1, 0.15) is 24.4 Å². The molecule has 0 bridgehead atoms. The number of piperidine rings is 1. The molecule has 0 unspecified atom stereocenters. The lowest BCUT2D eigenvalue weighted by molar-refractivity contribution is -0.301. The largest absolute Gasteiger partial charge is 0.394 e. The molecule has 0 aromatic heterocycles. The van der Waals surface area contributed by atoms with E-state index in [-0.39, 0.29) is 0 Å². The lowest BCUT2D eigenvalue weighted by atomic mass is 9.99. The summed E-state index contributed by atoms with van der Waals surface area (Å²) in [5.41, 5.74) is 0. The van der Waals surface area contributed by atoms with Gasteiger partial charge in [-0.05, 0) is 25.9 Å². The molecule has 0 saturated carbocycles. The highest BCUT2D eigenvalue weighted by Crippen LogP contribution is 2.21. The predicted octanol–water partition coefficient (Wildman–Crippen LogP) is -1.71. The van der Waals surface area contributed by atoms with Crippen LogP contribution in [0.4, 0.5) is 0 Å². The smallest absolute Gasteiger partial charge is 0.186 e. The van der Waals surface area contributed by atoms with Gasteiger partial charge in [0.05, 0.1) is 13.2 Å². The Morgan fingerprint density at radius 1 is 1.00 bits per heavy atom. The first-order valence-corrected chi connectivity index (χ1v) is 7.28. The van der Waals surface area contributed by atoms with E-state index in [0.29, 0.717) is 6.61 Å². The molecule has 0 spiro atoms. The van der Waals surface area contributed by atoms with Crippen LogP contribution in [0.25, 0.3) is 0 Å². The summed E-state index contributed by atoms with van der Waals surface area (Å²) in [7, 11) is 0. The van der Waals surface area contributed by atoms with E-state index in [1.165, 1.54) is 19.3 Å². The Morgan fingerprint density at radius 2 is 1.70 bits per heavy atom. The quantitative estimate of drug-likeness (QED) is 0.478. The standard InChI is InChI=1S/C13H25NO6/c15-8-9-10(16)11(17)12(18)13(20-9)19-7-6-14-4-2-1-3-5-14/h9-13,15-18H,1-8H2/t9-,10-,11+,12+,13+/m1/s1. The zero-order valence-electron chi connectivity index (χ0n) is 11.6. The Kier molecular flexibility index (Phi) is 6.16.